The molecule has 4 heteroatoms. The standard InChI is InChI=1S/C11H17ClN2O/c1-3-9(12)10-13-11(15-14-10)8-6-4-5-7(8)2/h7-9H,3-6H2,1-2H3. The van der Waals surface area contributed by atoms with Crippen molar-refractivity contribution in [1.82, 2.24) is 10.1 Å². The first-order chi connectivity index (χ1) is 7.22. The van der Waals surface area contributed by atoms with Gasteiger partial charge in [0.2, 0.25) is 5.89 Å². The Morgan fingerprint density at radius 1 is 1.53 bits per heavy atom. The Balaban J connectivity index is 2.12. The molecule has 84 valence electrons. The van der Waals surface area contributed by atoms with Gasteiger partial charge in [-0.1, -0.05) is 25.4 Å². The summed E-state index contributed by atoms with van der Waals surface area (Å²) in [6.07, 6.45) is 4.53. The van der Waals surface area contributed by atoms with Gasteiger partial charge in [-0.15, -0.1) is 11.6 Å². The number of aromatic nitrogens is 2. The summed E-state index contributed by atoms with van der Waals surface area (Å²) in [7, 11) is 0. The fourth-order valence-corrected chi connectivity index (χ4v) is 2.31. The van der Waals surface area contributed by atoms with Crippen molar-refractivity contribution < 1.29 is 4.52 Å². The third kappa shape index (κ3) is 2.17. The number of halogens is 1. The van der Waals surface area contributed by atoms with E-state index in [4.69, 9.17) is 16.1 Å². The zero-order chi connectivity index (χ0) is 10.8. The molecule has 1 aliphatic carbocycles. The molecule has 3 atom stereocenters. The van der Waals surface area contributed by atoms with Crippen molar-refractivity contribution in [3.05, 3.63) is 11.7 Å². The quantitative estimate of drug-likeness (QED) is 0.741. The zero-order valence-electron chi connectivity index (χ0n) is 9.24. The summed E-state index contributed by atoms with van der Waals surface area (Å²) in [6, 6.07) is 0. The first-order valence-electron chi connectivity index (χ1n) is 5.70. The number of nitrogens with zero attached hydrogens (tertiary/aromatic N) is 2. The largest absolute Gasteiger partial charge is 0.339 e. The summed E-state index contributed by atoms with van der Waals surface area (Å²) in [5.74, 6) is 2.54. The van der Waals surface area contributed by atoms with Gasteiger partial charge in [-0.2, -0.15) is 4.98 Å². The van der Waals surface area contributed by atoms with Crippen molar-refractivity contribution in [2.24, 2.45) is 5.92 Å². The van der Waals surface area contributed by atoms with E-state index in [0.717, 1.165) is 12.3 Å². The lowest BCUT2D eigenvalue weighted by Crippen LogP contribution is -2.02. The van der Waals surface area contributed by atoms with E-state index < -0.39 is 0 Å². The smallest absolute Gasteiger partial charge is 0.230 e. The molecule has 0 aliphatic heterocycles. The summed E-state index contributed by atoms with van der Waals surface area (Å²) < 4.78 is 5.30. The molecule has 0 spiro atoms. The van der Waals surface area contributed by atoms with Crippen LogP contribution < -0.4 is 0 Å². The summed E-state index contributed by atoms with van der Waals surface area (Å²) in [6.45, 7) is 4.27. The highest BCUT2D eigenvalue weighted by Crippen LogP contribution is 2.38. The van der Waals surface area contributed by atoms with Crippen LogP contribution in [0.2, 0.25) is 0 Å². The molecular weight excluding hydrogens is 212 g/mol. The highest BCUT2D eigenvalue weighted by molar-refractivity contribution is 6.20. The number of hydrogen-bond acceptors (Lipinski definition) is 3. The zero-order valence-corrected chi connectivity index (χ0v) is 10.00. The van der Waals surface area contributed by atoms with E-state index in [2.05, 4.69) is 17.1 Å². The summed E-state index contributed by atoms with van der Waals surface area (Å²) in [5, 5.41) is 3.84. The van der Waals surface area contributed by atoms with Gasteiger partial charge in [-0.25, -0.2) is 0 Å². The second-order valence-corrected chi connectivity index (χ2v) is 4.91. The lowest BCUT2D eigenvalue weighted by molar-refractivity contribution is 0.328. The molecule has 1 heterocycles. The highest BCUT2D eigenvalue weighted by atomic mass is 35.5. The molecule has 3 unspecified atom stereocenters. The van der Waals surface area contributed by atoms with Gasteiger partial charge in [-0.05, 0) is 25.2 Å². The second kappa shape index (κ2) is 4.52. The third-order valence-electron chi connectivity index (χ3n) is 3.27. The molecule has 1 saturated carbocycles. The van der Waals surface area contributed by atoms with Crippen molar-refractivity contribution in [2.45, 2.75) is 50.8 Å². The van der Waals surface area contributed by atoms with E-state index >= 15 is 0 Å². The molecule has 1 fully saturated rings. The number of alkyl halides is 1. The average Bonchev–Trinajstić information content (AvgIpc) is 2.84. The molecule has 0 radical (unpaired) electrons. The first-order valence-corrected chi connectivity index (χ1v) is 6.13. The molecule has 15 heavy (non-hydrogen) atoms. The molecule has 1 aromatic rings. The lowest BCUT2D eigenvalue weighted by Gasteiger charge is -2.08. The van der Waals surface area contributed by atoms with E-state index in [1.54, 1.807) is 0 Å². The van der Waals surface area contributed by atoms with Gasteiger partial charge in [0.1, 0.15) is 0 Å². The van der Waals surface area contributed by atoms with E-state index in [9.17, 15) is 0 Å². The van der Waals surface area contributed by atoms with Gasteiger partial charge in [0, 0.05) is 5.92 Å². The Morgan fingerprint density at radius 3 is 2.93 bits per heavy atom. The van der Waals surface area contributed by atoms with Gasteiger partial charge in [0.25, 0.3) is 0 Å². The van der Waals surface area contributed by atoms with E-state index in [-0.39, 0.29) is 5.38 Å². The fraction of sp³-hybridized carbons (Fsp3) is 0.818. The maximum atomic E-state index is 6.06. The summed E-state index contributed by atoms with van der Waals surface area (Å²) in [4.78, 5) is 4.40. The van der Waals surface area contributed by atoms with Crippen LogP contribution in [0, 0.1) is 5.92 Å². The van der Waals surface area contributed by atoms with Gasteiger partial charge < -0.3 is 4.52 Å². The van der Waals surface area contributed by atoms with Crippen LogP contribution >= 0.6 is 11.6 Å². The van der Waals surface area contributed by atoms with Gasteiger partial charge in [-0.3, -0.25) is 0 Å². The molecular formula is C11H17ClN2O. The van der Waals surface area contributed by atoms with Gasteiger partial charge >= 0.3 is 0 Å². The number of hydrogen-bond donors (Lipinski definition) is 0. The van der Waals surface area contributed by atoms with Crippen LogP contribution in [0.4, 0.5) is 0 Å². The molecule has 2 rings (SSSR count). The van der Waals surface area contributed by atoms with Crippen molar-refractivity contribution in [2.75, 3.05) is 0 Å². The van der Waals surface area contributed by atoms with E-state index in [1.807, 2.05) is 6.92 Å². The predicted octanol–water partition coefficient (Wildman–Crippen LogP) is 3.66. The van der Waals surface area contributed by atoms with Crippen molar-refractivity contribution in [1.29, 1.82) is 0 Å². The molecule has 1 aliphatic rings. The minimum atomic E-state index is -0.112. The molecule has 0 amide bonds. The average molecular weight is 229 g/mol. The lowest BCUT2D eigenvalue weighted by atomic mass is 9.98. The molecule has 3 nitrogen and oxygen atoms in total. The van der Waals surface area contributed by atoms with Gasteiger partial charge in [0.05, 0.1) is 5.38 Å². The second-order valence-electron chi connectivity index (χ2n) is 4.38. The minimum absolute atomic E-state index is 0.112. The number of rotatable bonds is 3. The maximum absolute atomic E-state index is 6.06. The van der Waals surface area contributed by atoms with Crippen LogP contribution in [0.3, 0.4) is 0 Å². The molecule has 0 aromatic carbocycles. The predicted molar refractivity (Wildman–Crippen MR) is 58.9 cm³/mol. The van der Waals surface area contributed by atoms with Crippen LogP contribution in [0.25, 0.3) is 0 Å². The SMILES string of the molecule is CCC(Cl)c1noc(C2CCCC2C)n1. The van der Waals surface area contributed by atoms with Gasteiger partial charge in [0.15, 0.2) is 5.82 Å². The van der Waals surface area contributed by atoms with E-state index in [1.165, 1.54) is 19.3 Å². The minimum Gasteiger partial charge on any atom is -0.339 e. The van der Waals surface area contributed by atoms with E-state index in [0.29, 0.717) is 17.7 Å². The fourth-order valence-electron chi connectivity index (χ4n) is 2.22. The van der Waals surface area contributed by atoms with Crippen LogP contribution in [-0.4, -0.2) is 10.1 Å². The Bertz CT molecular complexity index is 326. The molecule has 1 aromatic heterocycles. The maximum Gasteiger partial charge on any atom is 0.230 e. The Hall–Kier alpha value is -0.570. The normalized spacial score (nSPS) is 28.2. The Labute approximate surface area is 95.2 Å². The Morgan fingerprint density at radius 2 is 2.33 bits per heavy atom. The van der Waals surface area contributed by atoms with Crippen LogP contribution in [0.5, 0.6) is 0 Å². The van der Waals surface area contributed by atoms with Crippen LogP contribution in [-0.2, 0) is 0 Å². The Kier molecular flexibility index (Phi) is 3.29. The topological polar surface area (TPSA) is 38.9 Å². The first kappa shape index (κ1) is 10.9. The van der Waals surface area contributed by atoms with Crippen molar-refractivity contribution in [3.8, 4) is 0 Å². The third-order valence-corrected chi connectivity index (χ3v) is 3.78. The molecule has 0 bridgehead atoms. The van der Waals surface area contributed by atoms with Crippen molar-refractivity contribution >= 4 is 11.6 Å². The highest BCUT2D eigenvalue weighted by Gasteiger charge is 2.30. The van der Waals surface area contributed by atoms with Crippen molar-refractivity contribution in [3.63, 3.8) is 0 Å². The summed E-state index contributed by atoms with van der Waals surface area (Å²) >= 11 is 6.06. The van der Waals surface area contributed by atoms with Crippen LogP contribution in [0.1, 0.15) is 62.5 Å². The molecule has 0 N–H and O–H groups in total. The summed E-state index contributed by atoms with van der Waals surface area (Å²) in [5.41, 5.74) is 0. The van der Waals surface area contributed by atoms with Crippen LogP contribution in [0.15, 0.2) is 4.52 Å². The monoisotopic (exact) mass is 228 g/mol. The molecule has 0 saturated heterocycles.